The Bertz CT molecular complexity index is 373. The summed E-state index contributed by atoms with van der Waals surface area (Å²) in [6.45, 7) is 5.79. The van der Waals surface area contributed by atoms with E-state index in [1.165, 1.54) is 4.90 Å². The van der Waals surface area contributed by atoms with Gasteiger partial charge in [0.25, 0.3) is 0 Å². The van der Waals surface area contributed by atoms with Crippen LogP contribution in [0.3, 0.4) is 0 Å². The van der Waals surface area contributed by atoms with Crippen molar-refractivity contribution in [3.63, 3.8) is 0 Å². The number of carbonyl (C=O) groups excluding carboxylic acids is 1. The van der Waals surface area contributed by atoms with Gasteiger partial charge in [0.15, 0.2) is 0 Å². The van der Waals surface area contributed by atoms with Crippen LogP contribution in [0.25, 0.3) is 0 Å². The van der Waals surface area contributed by atoms with Gasteiger partial charge in [-0.15, -0.1) is 23.2 Å². The minimum Gasteiger partial charge on any atom is -0.297 e. The lowest BCUT2D eigenvalue weighted by Gasteiger charge is -2.29. The van der Waals surface area contributed by atoms with Crippen molar-refractivity contribution in [2.45, 2.75) is 26.1 Å². The van der Waals surface area contributed by atoms with Crippen LogP contribution in [-0.2, 0) is 4.79 Å². The van der Waals surface area contributed by atoms with E-state index in [1.54, 1.807) is 0 Å². The van der Waals surface area contributed by atoms with Crippen molar-refractivity contribution < 1.29 is 4.79 Å². The lowest BCUT2D eigenvalue weighted by molar-refractivity contribution is -0.119. The van der Waals surface area contributed by atoms with Crippen molar-refractivity contribution in [3.8, 4) is 0 Å². The molecule has 0 heterocycles. The highest BCUT2D eigenvalue weighted by molar-refractivity contribution is 6.34. The van der Waals surface area contributed by atoms with E-state index in [2.05, 4.69) is 0 Å². The maximum absolute atomic E-state index is 12.2. The van der Waals surface area contributed by atoms with Crippen LogP contribution in [-0.4, -0.2) is 17.3 Å². The number of carbonyl (C=O) groups is 1. The Balaban J connectivity index is 2.93. The van der Waals surface area contributed by atoms with Crippen molar-refractivity contribution in [3.05, 3.63) is 30.3 Å². The summed E-state index contributed by atoms with van der Waals surface area (Å²) in [7, 11) is 0. The summed E-state index contributed by atoms with van der Waals surface area (Å²) in [6, 6.07) is 9.40. The number of amides is 1. The molecule has 1 rings (SSSR count). The molecule has 4 heteroatoms. The first-order valence-electron chi connectivity index (χ1n) is 5.44. The predicted octanol–water partition coefficient (Wildman–Crippen LogP) is 3.87. The molecule has 0 aromatic heterocycles. The molecule has 0 fully saturated rings. The van der Waals surface area contributed by atoms with Crippen molar-refractivity contribution in [2.75, 3.05) is 10.9 Å². The normalized spacial score (nSPS) is 13.2. The van der Waals surface area contributed by atoms with Crippen LogP contribution in [0.5, 0.6) is 0 Å². The molecule has 0 spiro atoms. The molecule has 0 saturated carbocycles. The fourth-order valence-electron chi connectivity index (χ4n) is 1.37. The molecule has 17 heavy (non-hydrogen) atoms. The van der Waals surface area contributed by atoms with Gasteiger partial charge < -0.3 is 0 Å². The number of alkyl halides is 2. The molecule has 0 N–H and O–H groups in total. The Labute approximate surface area is 113 Å². The molecule has 1 aromatic rings. The predicted molar refractivity (Wildman–Crippen MR) is 73.7 cm³/mol. The standard InChI is InChI=1S/C13H17Cl2NO/c1-13(2,3)11(15)12(17)16(9-14)10-7-5-4-6-8-10/h4-8,11H,9H2,1-3H3. The largest absolute Gasteiger partial charge is 0.297 e. The van der Waals surface area contributed by atoms with Gasteiger partial charge in [0.05, 0.1) is 0 Å². The van der Waals surface area contributed by atoms with Gasteiger partial charge >= 0.3 is 0 Å². The first-order valence-corrected chi connectivity index (χ1v) is 6.41. The molecule has 0 bridgehead atoms. The first-order chi connectivity index (χ1) is 7.88. The molecule has 1 amide bonds. The van der Waals surface area contributed by atoms with Gasteiger partial charge in [0.2, 0.25) is 5.91 Å². The second kappa shape index (κ2) is 5.74. The Morgan fingerprint density at radius 1 is 1.29 bits per heavy atom. The van der Waals surface area contributed by atoms with E-state index < -0.39 is 5.38 Å². The number of hydrogen-bond acceptors (Lipinski definition) is 1. The summed E-state index contributed by atoms with van der Waals surface area (Å²) in [5.74, 6) is -0.166. The van der Waals surface area contributed by atoms with Gasteiger partial charge in [-0.3, -0.25) is 9.69 Å². The van der Waals surface area contributed by atoms with Crippen molar-refractivity contribution in [1.29, 1.82) is 0 Å². The maximum Gasteiger partial charge on any atom is 0.246 e. The molecule has 0 aliphatic carbocycles. The third-order valence-electron chi connectivity index (χ3n) is 2.43. The molecular weight excluding hydrogens is 257 g/mol. The number of halogens is 2. The number of para-hydroxylation sites is 1. The minimum atomic E-state index is -0.596. The highest BCUT2D eigenvalue weighted by Crippen LogP contribution is 2.28. The van der Waals surface area contributed by atoms with Gasteiger partial charge in [-0.25, -0.2) is 0 Å². The number of benzene rings is 1. The number of hydrogen-bond donors (Lipinski definition) is 0. The Kier molecular flexibility index (Phi) is 4.84. The highest BCUT2D eigenvalue weighted by atomic mass is 35.5. The fraction of sp³-hybridized carbons (Fsp3) is 0.462. The zero-order chi connectivity index (χ0) is 13.1. The average Bonchev–Trinajstić information content (AvgIpc) is 2.29. The monoisotopic (exact) mass is 273 g/mol. The van der Waals surface area contributed by atoms with E-state index in [4.69, 9.17) is 23.2 Å². The number of rotatable bonds is 3. The molecule has 2 nitrogen and oxygen atoms in total. The second-order valence-corrected chi connectivity index (χ2v) is 5.63. The van der Waals surface area contributed by atoms with Crippen molar-refractivity contribution >= 4 is 34.8 Å². The smallest absolute Gasteiger partial charge is 0.246 e. The van der Waals surface area contributed by atoms with Crippen LogP contribution in [0.15, 0.2) is 30.3 Å². The molecule has 0 aliphatic rings. The molecule has 1 atom stereocenters. The molecule has 1 aromatic carbocycles. The average molecular weight is 274 g/mol. The van der Waals surface area contributed by atoms with E-state index >= 15 is 0 Å². The molecule has 94 valence electrons. The molecular formula is C13H17Cl2NO. The first kappa shape index (κ1) is 14.3. The van der Waals surface area contributed by atoms with E-state index in [-0.39, 0.29) is 17.3 Å². The number of anilines is 1. The molecule has 0 radical (unpaired) electrons. The van der Waals surface area contributed by atoms with E-state index in [1.807, 2.05) is 51.1 Å². The van der Waals surface area contributed by atoms with Crippen LogP contribution in [0.2, 0.25) is 0 Å². The Morgan fingerprint density at radius 3 is 2.24 bits per heavy atom. The van der Waals surface area contributed by atoms with Gasteiger partial charge in [-0.2, -0.15) is 0 Å². The van der Waals surface area contributed by atoms with Crippen LogP contribution >= 0.6 is 23.2 Å². The zero-order valence-electron chi connectivity index (χ0n) is 10.3. The van der Waals surface area contributed by atoms with Crippen LogP contribution in [0.4, 0.5) is 5.69 Å². The lowest BCUT2D eigenvalue weighted by atomic mass is 9.91. The van der Waals surface area contributed by atoms with Crippen LogP contribution < -0.4 is 4.90 Å². The van der Waals surface area contributed by atoms with E-state index in [9.17, 15) is 4.79 Å². The van der Waals surface area contributed by atoms with Crippen LogP contribution in [0, 0.1) is 5.41 Å². The van der Waals surface area contributed by atoms with E-state index in [0.717, 1.165) is 5.69 Å². The molecule has 0 aliphatic heterocycles. The third-order valence-corrected chi connectivity index (χ3v) is 3.51. The summed E-state index contributed by atoms with van der Waals surface area (Å²) < 4.78 is 0. The topological polar surface area (TPSA) is 20.3 Å². The van der Waals surface area contributed by atoms with Gasteiger partial charge in [0.1, 0.15) is 11.4 Å². The third kappa shape index (κ3) is 3.62. The van der Waals surface area contributed by atoms with Crippen molar-refractivity contribution in [1.82, 2.24) is 0 Å². The molecule has 1 unspecified atom stereocenters. The zero-order valence-corrected chi connectivity index (χ0v) is 11.8. The lowest BCUT2D eigenvalue weighted by Crippen LogP contribution is -2.41. The maximum atomic E-state index is 12.2. The second-order valence-electron chi connectivity index (χ2n) is 4.95. The van der Waals surface area contributed by atoms with Gasteiger partial charge in [0, 0.05) is 5.69 Å². The summed E-state index contributed by atoms with van der Waals surface area (Å²) >= 11 is 12.0. The highest BCUT2D eigenvalue weighted by Gasteiger charge is 2.32. The number of nitrogens with zero attached hydrogens (tertiary/aromatic N) is 1. The summed E-state index contributed by atoms with van der Waals surface area (Å²) in [5, 5.41) is -0.596. The van der Waals surface area contributed by atoms with Gasteiger partial charge in [-0.1, -0.05) is 39.0 Å². The summed E-state index contributed by atoms with van der Waals surface area (Å²) in [5.41, 5.74) is 0.472. The quantitative estimate of drug-likeness (QED) is 0.605. The Hall–Kier alpha value is -0.730. The minimum absolute atomic E-state index is 0.0994. The fourth-order valence-corrected chi connectivity index (χ4v) is 1.74. The summed E-state index contributed by atoms with van der Waals surface area (Å²) in [6.07, 6.45) is 0. The summed E-state index contributed by atoms with van der Waals surface area (Å²) in [4.78, 5) is 13.7. The SMILES string of the molecule is CC(C)(C)C(Cl)C(=O)N(CCl)c1ccccc1. The van der Waals surface area contributed by atoms with E-state index in [0.29, 0.717) is 0 Å². The van der Waals surface area contributed by atoms with Crippen LogP contribution in [0.1, 0.15) is 20.8 Å². The molecule has 0 saturated heterocycles. The Morgan fingerprint density at radius 2 is 1.82 bits per heavy atom. The van der Waals surface area contributed by atoms with Gasteiger partial charge in [-0.05, 0) is 17.5 Å². The van der Waals surface area contributed by atoms with Crippen molar-refractivity contribution in [2.24, 2.45) is 5.41 Å².